The minimum atomic E-state index is 0.0888. The van der Waals surface area contributed by atoms with Gasteiger partial charge in [-0.25, -0.2) is 0 Å². The summed E-state index contributed by atoms with van der Waals surface area (Å²) < 4.78 is 5.19. The highest BCUT2D eigenvalue weighted by atomic mass is 16.5. The number of ether oxygens (including phenoxy) is 1. The smallest absolute Gasteiger partial charge is 0.225 e. The van der Waals surface area contributed by atoms with Crippen molar-refractivity contribution < 1.29 is 9.53 Å². The van der Waals surface area contributed by atoms with Gasteiger partial charge in [0.25, 0.3) is 0 Å². The molecule has 80 valence electrons. The zero-order valence-electron chi connectivity index (χ0n) is 8.58. The van der Waals surface area contributed by atoms with E-state index in [9.17, 15) is 4.79 Å². The molecular weight excluding hydrogens is 180 g/mol. The van der Waals surface area contributed by atoms with Gasteiger partial charge in [0, 0.05) is 25.2 Å². The van der Waals surface area contributed by atoms with E-state index in [0.717, 1.165) is 26.0 Å². The van der Waals surface area contributed by atoms with E-state index in [4.69, 9.17) is 4.74 Å². The fourth-order valence-corrected chi connectivity index (χ4v) is 2.11. The number of nitrogens with one attached hydrogen (secondary N) is 2. The van der Waals surface area contributed by atoms with Crippen molar-refractivity contribution in [3.8, 4) is 0 Å². The fraction of sp³-hybridized carbons (Fsp3) is 0.900. The molecule has 4 heteroatoms. The van der Waals surface area contributed by atoms with Crippen LogP contribution in [0.25, 0.3) is 0 Å². The van der Waals surface area contributed by atoms with Crippen molar-refractivity contribution in [1.29, 1.82) is 0 Å². The van der Waals surface area contributed by atoms with Gasteiger partial charge in [0.1, 0.15) is 0 Å². The second kappa shape index (κ2) is 4.28. The lowest BCUT2D eigenvalue weighted by Crippen LogP contribution is -2.40. The average molecular weight is 198 g/mol. The van der Waals surface area contributed by atoms with Crippen LogP contribution in [0.4, 0.5) is 0 Å². The Morgan fingerprint density at radius 2 is 2.43 bits per heavy atom. The van der Waals surface area contributed by atoms with Crippen LogP contribution in [0, 0.1) is 5.92 Å². The first-order chi connectivity index (χ1) is 6.75. The van der Waals surface area contributed by atoms with Crippen LogP contribution in [0.3, 0.4) is 0 Å². The predicted octanol–water partition coefficient (Wildman–Crippen LogP) is -0.110. The maximum Gasteiger partial charge on any atom is 0.225 e. The summed E-state index contributed by atoms with van der Waals surface area (Å²) in [7, 11) is 0. The molecule has 2 N–H and O–H groups in total. The topological polar surface area (TPSA) is 50.4 Å². The number of rotatable bonds is 2. The molecule has 0 bridgehead atoms. The molecule has 2 fully saturated rings. The van der Waals surface area contributed by atoms with Gasteiger partial charge in [-0.15, -0.1) is 0 Å². The summed E-state index contributed by atoms with van der Waals surface area (Å²) in [5.41, 5.74) is 0. The summed E-state index contributed by atoms with van der Waals surface area (Å²) in [5, 5.41) is 6.39. The van der Waals surface area contributed by atoms with Gasteiger partial charge >= 0.3 is 0 Å². The first-order valence-electron chi connectivity index (χ1n) is 5.37. The zero-order valence-corrected chi connectivity index (χ0v) is 8.58. The van der Waals surface area contributed by atoms with Crippen LogP contribution < -0.4 is 10.6 Å². The van der Waals surface area contributed by atoms with E-state index in [1.54, 1.807) is 0 Å². The maximum absolute atomic E-state index is 11.7. The van der Waals surface area contributed by atoms with Crippen molar-refractivity contribution in [2.45, 2.75) is 31.8 Å². The van der Waals surface area contributed by atoms with Gasteiger partial charge in [-0.3, -0.25) is 4.79 Å². The molecule has 2 saturated heterocycles. The first-order valence-corrected chi connectivity index (χ1v) is 5.37. The standard InChI is InChI=1S/C10H18N2O2/c1-7-4-9(5-11-7)12-10(13)8-2-3-14-6-8/h7-9,11H,2-6H2,1H3,(H,12,13). The van der Waals surface area contributed by atoms with Crippen molar-refractivity contribution in [3.05, 3.63) is 0 Å². The minimum absolute atomic E-state index is 0.0888. The Balaban J connectivity index is 1.76. The quantitative estimate of drug-likeness (QED) is 0.651. The molecule has 14 heavy (non-hydrogen) atoms. The van der Waals surface area contributed by atoms with E-state index in [2.05, 4.69) is 17.6 Å². The third-order valence-corrected chi connectivity index (χ3v) is 3.00. The lowest BCUT2D eigenvalue weighted by molar-refractivity contribution is -0.125. The lowest BCUT2D eigenvalue weighted by Gasteiger charge is -2.14. The van der Waals surface area contributed by atoms with Crippen LogP contribution in [-0.4, -0.2) is 37.7 Å². The predicted molar refractivity (Wildman–Crippen MR) is 52.9 cm³/mol. The Hall–Kier alpha value is -0.610. The molecule has 0 aliphatic carbocycles. The van der Waals surface area contributed by atoms with Gasteiger partial charge in [-0.05, 0) is 19.8 Å². The third-order valence-electron chi connectivity index (χ3n) is 3.00. The fourth-order valence-electron chi connectivity index (χ4n) is 2.11. The molecule has 0 saturated carbocycles. The number of carbonyl (C=O) groups excluding carboxylic acids is 1. The minimum Gasteiger partial charge on any atom is -0.381 e. The average Bonchev–Trinajstić information content (AvgIpc) is 2.75. The van der Waals surface area contributed by atoms with Gasteiger partial charge in [0.05, 0.1) is 12.5 Å². The highest BCUT2D eigenvalue weighted by molar-refractivity contribution is 5.79. The highest BCUT2D eigenvalue weighted by Crippen LogP contribution is 2.13. The lowest BCUT2D eigenvalue weighted by atomic mass is 10.1. The summed E-state index contributed by atoms with van der Waals surface area (Å²) in [6.07, 6.45) is 1.92. The summed E-state index contributed by atoms with van der Waals surface area (Å²) in [4.78, 5) is 11.7. The van der Waals surface area contributed by atoms with Gasteiger partial charge in [0.15, 0.2) is 0 Å². The van der Waals surface area contributed by atoms with Crippen LogP contribution in [0.2, 0.25) is 0 Å². The Bertz CT molecular complexity index is 214. The molecular formula is C10H18N2O2. The highest BCUT2D eigenvalue weighted by Gasteiger charge is 2.27. The molecule has 3 unspecified atom stereocenters. The van der Waals surface area contributed by atoms with Gasteiger partial charge in [-0.1, -0.05) is 0 Å². The third kappa shape index (κ3) is 2.25. The molecule has 2 rings (SSSR count). The molecule has 2 aliphatic rings. The summed E-state index contributed by atoms with van der Waals surface area (Å²) >= 11 is 0. The maximum atomic E-state index is 11.7. The van der Waals surface area contributed by atoms with Crippen LogP contribution in [0.1, 0.15) is 19.8 Å². The van der Waals surface area contributed by atoms with Crippen molar-refractivity contribution in [2.24, 2.45) is 5.92 Å². The van der Waals surface area contributed by atoms with Crippen LogP contribution in [0.5, 0.6) is 0 Å². The Labute approximate surface area is 84.4 Å². The summed E-state index contributed by atoms with van der Waals surface area (Å²) in [6, 6.07) is 0.846. The Morgan fingerprint density at radius 3 is 3.00 bits per heavy atom. The molecule has 2 aliphatic heterocycles. The first kappa shape index (κ1) is 9.93. The van der Waals surface area contributed by atoms with Crippen molar-refractivity contribution in [1.82, 2.24) is 10.6 Å². The van der Waals surface area contributed by atoms with Crippen molar-refractivity contribution >= 4 is 5.91 Å². The second-order valence-corrected chi connectivity index (χ2v) is 4.31. The summed E-state index contributed by atoms with van der Waals surface area (Å²) in [6.45, 7) is 4.38. The number of hydrogen-bond acceptors (Lipinski definition) is 3. The molecule has 0 aromatic rings. The van der Waals surface area contributed by atoms with Crippen molar-refractivity contribution in [2.75, 3.05) is 19.8 Å². The molecule has 0 radical (unpaired) electrons. The summed E-state index contributed by atoms with van der Waals surface area (Å²) in [5.74, 6) is 0.259. The van der Waals surface area contributed by atoms with Crippen LogP contribution in [-0.2, 0) is 9.53 Å². The van der Waals surface area contributed by atoms with Crippen LogP contribution >= 0.6 is 0 Å². The Kier molecular flexibility index (Phi) is 3.03. The van der Waals surface area contributed by atoms with E-state index in [1.165, 1.54) is 0 Å². The van der Waals surface area contributed by atoms with Gasteiger partial charge in [-0.2, -0.15) is 0 Å². The van der Waals surface area contributed by atoms with E-state index < -0.39 is 0 Å². The monoisotopic (exact) mass is 198 g/mol. The molecule has 4 nitrogen and oxygen atoms in total. The largest absolute Gasteiger partial charge is 0.381 e. The van der Waals surface area contributed by atoms with Crippen molar-refractivity contribution in [3.63, 3.8) is 0 Å². The number of carbonyl (C=O) groups is 1. The second-order valence-electron chi connectivity index (χ2n) is 4.31. The molecule has 0 aromatic carbocycles. The molecule has 3 atom stereocenters. The molecule has 2 heterocycles. The van der Waals surface area contributed by atoms with E-state index in [1.807, 2.05) is 0 Å². The Morgan fingerprint density at radius 1 is 1.57 bits per heavy atom. The number of hydrogen-bond donors (Lipinski definition) is 2. The number of amides is 1. The van der Waals surface area contributed by atoms with E-state index >= 15 is 0 Å². The molecule has 1 amide bonds. The van der Waals surface area contributed by atoms with E-state index in [-0.39, 0.29) is 11.8 Å². The molecule has 0 spiro atoms. The zero-order chi connectivity index (χ0) is 9.97. The SMILES string of the molecule is CC1CC(NC(=O)C2CCOC2)CN1. The van der Waals surface area contributed by atoms with Gasteiger partial charge in [0.2, 0.25) is 5.91 Å². The normalized spacial score (nSPS) is 37.4. The molecule has 0 aromatic heterocycles. The van der Waals surface area contributed by atoms with E-state index in [0.29, 0.717) is 18.7 Å². The van der Waals surface area contributed by atoms with Gasteiger partial charge < -0.3 is 15.4 Å². The van der Waals surface area contributed by atoms with Crippen LogP contribution in [0.15, 0.2) is 0 Å².